The lowest BCUT2D eigenvalue weighted by atomic mass is 9.49. The first-order valence-corrected chi connectivity index (χ1v) is 11.7. The summed E-state index contributed by atoms with van der Waals surface area (Å²) in [6.07, 6.45) is 8.38. The molecule has 5 rings (SSSR count). The van der Waals surface area contributed by atoms with E-state index in [2.05, 4.69) is 15.5 Å². The van der Waals surface area contributed by atoms with Crippen molar-refractivity contribution in [2.24, 2.45) is 23.7 Å². The summed E-state index contributed by atoms with van der Waals surface area (Å²) in [4.78, 5) is 24.3. The average molecular weight is 422 g/mol. The van der Waals surface area contributed by atoms with Gasteiger partial charge in [0.15, 0.2) is 0 Å². The van der Waals surface area contributed by atoms with Gasteiger partial charge in [0, 0.05) is 5.41 Å². The minimum atomic E-state index is -0.636. The van der Waals surface area contributed by atoms with Gasteiger partial charge in [-0.1, -0.05) is 32.0 Å². The smallest absolute Gasteiger partial charge is 0.328 e. The highest BCUT2D eigenvalue weighted by Crippen LogP contribution is 2.60. The van der Waals surface area contributed by atoms with Gasteiger partial charge in [0.1, 0.15) is 6.04 Å². The minimum Gasteiger partial charge on any atom is -0.467 e. The van der Waals surface area contributed by atoms with Crippen molar-refractivity contribution in [3.05, 3.63) is 5.89 Å². The van der Waals surface area contributed by atoms with Crippen molar-refractivity contribution in [2.75, 3.05) is 12.9 Å². The second-order valence-corrected chi connectivity index (χ2v) is 10.2. The van der Waals surface area contributed by atoms with Crippen molar-refractivity contribution in [3.8, 4) is 0 Å². The van der Waals surface area contributed by atoms with Crippen LogP contribution in [0.4, 0.5) is 0 Å². The van der Waals surface area contributed by atoms with E-state index in [1.165, 1.54) is 57.4 Å². The lowest BCUT2D eigenvalue weighted by molar-refractivity contribution is -0.146. The van der Waals surface area contributed by atoms with Gasteiger partial charge in [-0.3, -0.25) is 4.79 Å². The number of carbonyl (C=O) groups is 2. The van der Waals surface area contributed by atoms with Crippen molar-refractivity contribution in [1.82, 2.24) is 15.5 Å². The largest absolute Gasteiger partial charge is 0.467 e. The second-order valence-electron chi connectivity index (χ2n) is 9.31. The van der Waals surface area contributed by atoms with Crippen LogP contribution < -0.4 is 5.32 Å². The summed E-state index contributed by atoms with van der Waals surface area (Å²) < 4.78 is 10.8. The number of methoxy groups -OCH3 is 1. The summed E-state index contributed by atoms with van der Waals surface area (Å²) in [7, 11) is 1.34. The Hall–Kier alpha value is -1.57. The van der Waals surface area contributed by atoms with Crippen LogP contribution in [0.3, 0.4) is 0 Å². The Labute approximate surface area is 176 Å². The number of amides is 1. The molecule has 2 atom stereocenters. The van der Waals surface area contributed by atoms with E-state index in [1.54, 1.807) is 0 Å². The third kappa shape index (κ3) is 4.18. The fraction of sp³-hybridized carbons (Fsp3) is 0.810. The standard InChI is InChI=1S/C21H31N3O4S/c1-4-12(2)17(18(26)27-3)22-16(25)11-29-20-24-23-19(28-20)21-8-13-5-14(9-21)7-15(6-13)10-21/h12-15,17H,4-11H2,1-3H3,(H,22,25)/t12-,13?,14?,15?,17-,21?/m0/s1. The number of carbonyl (C=O) groups excluding carboxylic acids is 2. The number of esters is 1. The van der Waals surface area contributed by atoms with Crippen LogP contribution in [0.5, 0.6) is 0 Å². The molecule has 0 unspecified atom stereocenters. The molecule has 1 N–H and O–H groups in total. The van der Waals surface area contributed by atoms with Crippen LogP contribution in [0.2, 0.25) is 0 Å². The molecular weight excluding hydrogens is 390 g/mol. The fourth-order valence-corrected chi connectivity index (χ4v) is 6.57. The predicted molar refractivity (Wildman–Crippen MR) is 108 cm³/mol. The Morgan fingerprint density at radius 1 is 1.21 bits per heavy atom. The Kier molecular flexibility index (Phi) is 5.91. The van der Waals surface area contributed by atoms with E-state index >= 15 is 0 Å². The molecule has 4 saturated carbocycles. The highest BCUT2D eigenvalue weighted by atomic mass is 32.2. The van der Waals surface area contributed by atoms with Crippen LogP contribution in [-0.4, -0.2) is 41.0 Å². The molecule has 0 aliphatic heterocycles. The maximum atomic E-state index is 12.4. The SMILES string of the molecule is CC[C@H](C)[C@H](NC(=O)CSc1nnc(C23CC4CC(CC(C4)C2)C3)o1)C(=O)OC. The van der Waals surface area contributed by atoms with Crippen LogP contribution in [0, 0.1) is 23.7 Å². The second kappa shape index (κ2) is 8.28. The molecule has 4 aliphatic carbocycles. The Morgan fingerprint density at radius 3 is 2.38 bits per heavy atom. The number of aromatic nitrogens is 2. The van der Waals surface area contributed by atoms with Gasteiger partial charge in [-0.15, -0.1) is 10.2 Å². The van der Waals surface area contributed by atoms with Gasteiger partial charge in [0.05, 0.1) is 12.9 Å². The minimum absolute atomic E-state index is 0.00231. The quantitative estimate of drug-likeness (QED) is 0.508. The summed E-state index contributed by atoms with van der Waals surface area (Å²) in [5, 5.41) is 11.8. The normalized spacial score (nSPS) is 32.0. The van der Waals surface area contributed by atoms with E-state index in [1.807, 2.05) is 13.8 Å². The molecule has 0 saturated heterocycles. The number of nitrogens with zero attached hydrogens (tertiary/aromatic N) is 2. The van der Waals surface area contributed by atoms with Crippen molar-refractivity contribution < 1.29 is 18.7 Å². The van der Waals surface area contributed by atoms with E-state index < -0.39 is 12.0 Å². The molecule has 1 amide bonds. The van der Waals surface area contributed by atoms with E-state index in [0.717, 1.165) is 30.1 Å². The number of hydrogen-bond donors (Lipinski definition) is 1. The third-order valence-electron chi connectivity index (χ3n) is 7.21. The highest BCUT2D eigenvalue weighted by molar-refractivity contribution is 7.99. The zero-order chi connectivity index (χ0) is 20.6. The molecule has 1 aromatic rings. The van der Waals surface area contributed by atoms with Crippen LogP contribution in [0.1, 0.15) is 64.7 Å². The molecule has 4 bridgehead atoms. The average Bonchev–Trinajstić information content (AvgIpc) is 3.18. The summed E-state index contributed by atoms with van der Waals surface area (Å²) in [6.45, 7) is 3.90. The molecule has 0 aromatic carbocycles. The topological polar surface area (TPSA) is 94.3 Å². The lowest BCUT2D eigenvalue weighted by Crippen LogP contribution is -2.48. The molecule has 4 aliphatic rings. The van der Waals surface area contributed by atoms with Gasteiger partial charge in [-0.2, -0.15) is 0 Å². The molecule has 0 spiro atoms. The molecule has 8 heteroatoms. The third-order valence-corrected chi connectivity index (χ3v) is 8.03. The van der Waals surface area contributed by atoms with Gasteiger partial charge in [-0.05, 0) is 62.2 Å². The van der Waals surface area contributed by atoms with Crippen LogP contribution in [0.15, 0.2) is 9.64 Å². The van der Waals surface area contributed by atoms with Crippen LogP contribution in [-0.2, 0) is 19.7 Å². The molecule has 7 nitrogen and oxygen atoms in total. The zero-order valence-corrected chi connectivity index (χ0v) is 18.3. The van der Waals surface area contributed by atoms with E-state index in [-0.39, 0.29) is 23.0 Å². The molecular formula is C21H31N3O4S. The first kappa shape index (κ1) is 20.7. The number of hydrogen-bond acceptors (Lipinski definition) is 7. The first-order chi connectivity index (χ1) is 13.9. The van der Waals surface area contributed by atoms with Crippen molar-refractivity contribution in [1.29, 1.82) is 0 Å². The van der Waals surface area contributed by atoms with Crippen molar-refractivity contribution in [3.63, 3.8) is 0 Å². The molecule has 160 valence electrons. The van der Waals surface area contributed by atoms with Crippen molar-refractivity contribution in [2.45, 2.75) is 75.5 Å². The Morgan fingerprint density at radius 2 is 1.83 bits per heavy atom. The maximum Gasteiger partial charge on any atom is 0.328 e. The molecule has 4 fully saturated rings. The van der Waals surface area contributed by atoms with Gasteiger partial charge < -0.3 is 14.5 Å². The first-order valence-electron chi connectivity index (χ1n) is 10.8. The van der Waals surface area contributed by atoms with E-state index in [0.29, 0.717) is 5.22 Å². The fourth-order valence-electron chi connectivity index (χ4n) is 5.99. The molecule has 29 heavy (non-hydrogen) atoms. The predicted octanol–water partition coefficient (Wildman–Crippen LogP) is 3.33. The van der Waals surface area contributed by atoms with Gasteiger partial charge in [0.25, 0.3) is 5.22 Å². The number of rotatable bonds is 8. The van der Waals surface area contributed by atoms with Crippen LogP contribution >= 0.6 is 11.8 Å². The molecule has 0 radical (unpaired) electrons. The van der Waals surface area contributed by atoms with Gasteiger partial charge >= 0.3 is 5.97 Å². The van der Waals surface area contributed by atoms with Gasteiger partial charge in [-0.25, -0.2) is 4.79 Å². The maximum absolute atomic E-state index is 12.4. The Bertz CT molecular complexity index is 730. The van der Waals surface area contributed by atoms with E-state index in [4.69, 9.17) is 9.15 Å². The lowest BCUT2D eigenvalue weighted by Gasteiger charge is -2.55. The monoisotopic (exact) mass is 421 g/mol. The zero-order valence-electron chi connectivity index (χ0n) is 17.5. The summed E-state index contributed by atoms with van der Waals surface area (Å²) in [6, 6.07) is -0.636. The van der Waals surface area contributed by atoms with Gasteiger partial charge in [0.2, 0.25) is 11.8 Å². The molecule has 1 heterocycles. The Balaban J connectivity index is 1.35. The van der Waals surface area contributed by atoms with E-state index in [9.17, 15) is 9.59 Å². The number of nitrogens with one attached hydrogen (secondary N) is 1. The van der Waals surface area contributed by atoms with Crippen LogP contribution in [0.25, 0.3) is 0 Å². The number of ether oxygens (including phenoxy) is 1. The van der Waals surface area contributed by atoms with Crippen molar-refractivity contribution >= 4 is 23.6 Å². The summed E-state index contributed by atoms with van der Waals surface area (Å²) in [5.41, 5.74) is 0.0648. The number of thioether (sulfide) groups is 1. The summed E-state index contributed by atoms with van der Waals surface area (Å²) >= 11 is 1.23. The highest BCUT2D eigenvalue weighted by Gasteiger charge is 2.54. The summed E-state index contributed by atoms with van der Waals surface area (Å²) in [5.74, 6) is 2.68. The molecule has 1 aromatic heterocycles.